The summed E-state index contributed by atoms with van der Waals surface area (Å²) in [5.41, 5.74) is 4.53. The molecule has 2 N–H and O–H groups in total. The summed E-state index contributed by atoms with van der Waals surface area (Å²) in [4.78, 5) is 16.7. The van der Waals surface area contributed by atoms with E-state index in [9.17, 15) is 9.18 Å². The van der Waals surface area contributed by atoms with Crippen LogP contribution in [0.1, 0.15) is 27.0 Å². The molecule has 0 aliphatic rings. The smallest absolute Gasteiger partial charge is 0.257 e. The molecule has 3 rings (SSSR count). The highest BCUT2D eigenvalue weighted by Crippen LogP contribution is 2.15. The second kappa shape index (κ2) is 8.45. The maximum atomic E-state index is 12.9. The fourth-order valence-electron chi connectivity index (χ4n) is 2.87. The van der Waals surface area contributed by atoms with E-state index >= 15 is 0 Å². The van der Waals surface area contributed by atoms with Crippen LogP contribution in [0.5, 0.6) is 0 Å². The molecule has 0 aliphatic carbocycles. The van der Waals surface area contributed by atoms with E-state index in [1.807, 2.05) is 26.0 Å². The number of carbonyl (C=O) groups is 1. The number of anilines is 2. The highest BCUT2D eigenvalue weighted by molar-refractivity contribution is 6.04. The Balaban J connectivity index is 1.54. The molecule has 0 saturated heterocycles. The lowest BCUT2D eigenvalue weighted by atomic mass is 10.1. The molecule has 0 radical (unpaired) electrons. The third-order valence-corrected chi connectivity index (χ3v) is 4.14. The Labute approximate surface area is 158 Å². The number of hydrogen-bond donors (Lipinski definition) is 2. The van der Waals surface area contributed by atoms with Crippen LogP contribution in [0.3, 0.4) is 0 Å². The molecule has 0 fully saturated rings. The predicted molar refractivity (Wildman–Crippen MR) is 107 cm³/mol. The monoisotopic (exact) mass is 363 g/mol. The summed E-state index contributed by atoms with van der Waals surface area (Å²) in [5, 5.41) is 6.10. The molecule has 5 heteroatoms. The van der Waals surface area contributed by atoms with E-state index in [2.05, 4.69) is 21.7 Å². The van der Waals surface area contributed by atoms with Crippen LogP contribution in [-0.2, 0) is 6.42 Å². The third kappa shape index (κ3) is 5.38. The lowest BCUT2D eigenvalue weighted by Crippen LogP contribution is -2.13. The Bertz CT molecular complexity index is 901. The molecular weight excluding hydrogens is 341 g/mol. The summed E-state index contributed by atoms with van der Waals surface area (Å²) >= 11 is 0. The van der Waals surface area contributed by atoms with Crippen molar-refractivity contribution in [2.75, 3.05) is 17.2 Å². The average Bonchev–Trinajstić information content (AvgIpc) is 2.63. The Morgan fingerprint density at radius 2 is 1.70 bits per heavy atom. The van der Waals surface area contributed by atoms with Gasteiger partial charge in [-0.2, -0.15) is 0 Å². The molecule has 0 unspecified atom stereocenters. The Morgan fingerprint density at radius 1 is 1.00 bits per heavy atom. The Kier molecular flexibility index (Phi) is 5.81. The van der Waals surface area contributed by atoms with Crippen LogP contribution in [0.15, 0.2) is 60.8 Å². The molecule has 27 heavy (non-hydrogen) atoms. The average molecular weight is 363 g/mol. The Morgan fingerprint density at radius 3 is 2.33 bits per heavy atom. The van der Waals surface area contributed by atoms with Gasteiger partial charge in [0, 0.05) is 18.4 Å². The van der Waals surface area contributed by atoms with Gasteiger partial charge in [-0.05, 0) is 73.4 Å². The largest absolute Gasteiger partial charge is 0.370 e. The highest BCUT2D eigenvalue weighted by atomic mass is 19.1. The second-order valence-electron chi connectivity index (χ2n) is 6.57. The number of carbonyl (C=O) groups excluding carboxylic acids is 1. The fraction of sp³-hybridized carbons (Fsp3) is 0.182. The summed E-state index contributed by atoms with van der Waals surface area (Å²) in [6.07, 6.45) is 2.31. The molecule has 0 atom stereocenters. The van der Waals surface area contributed by atoms with Crippen molar-refractivity contribution in [2.24, 2.45) is 0 Å². The third-order valence-electron chi connectivity index (χ3n) is 4.14. The van der Waals surface area contributed by atoms with Crippen molar-refractivity contribution < 1.29 is 9.18 Å². The number of aromatic nitrogens is 1. The van der Waals surface area contributed by atoms with E-state index in [4.69, 9.17) is 0 Å². The standard InChI is InChI=1S/C22H22FN3O/c1-15-11-16(2)13-20(12-15)26-22(27)18-5-8-21(25-14-18)24-10-9-17-3-6-19(23)7-4-17/h3-8,11-14H,9-10H2,1-2H3,(H,24,25)(H,26,27). The van der Waals surface area contributed by atoms with Crippen LogP contribution in [-0.4, -0.2) is 17.4 Å². The van der Waals surface area contributed by atoms with E-state index in [0.717, 1.165) is 28.8 Å². The van der Waals surface area contributed by atoms with Gasteiger partial charge in [-0.1, -0.05) is 18.2 Å². The van der Waals surface area contributed by atoms with Gasteiger partial charge in [-0.15, -0.1) is 0 Å². The highest BCUT2D eigenvalue weighted by Gasteiger charge is 2.07. The molecule has 1 heterocycles. The van der Waals surface area contributed by atoms with Gasteiger partial charge in [-0.3, -0.25) is 4.79 Å². The van der Waals surface area contributed by atoms with Crippen LogP contribution < -0.4 is 10.6 Å². The maximum Gasteiger partial charge on any atom is 0.257 e. The van der Waals surface area contributed by atoms with Gasteiger partial charge >= 0.3 is 0 Å². The van der Waals surface area contributed by atoms with Gasteiger partial charge in [-0.25, -0.2) is 9.37 Å². The minimum absolute atomic E-state index is 0.189. The van der Waals surface area contributed by atoms with E-state index in [1.165, 1.54) is 12.1 Å². The minimum atomic E-state index is -0.233. The van der Waals surface area contributed by atoms with Gasteiger partial charge < -0.3 is 10.6 Å². The first kappa shape index (κ1) is 18.6. The molecule has 0 saturated carbocycles. The number of nitrogens with zero attached hydrogens (tertiary/aromatic N) is 1. The van der Waals surface area contributed by atoms with E-state index in [-0.39, 0.29) is 11.7 Å². The summed E-state index contributed by atoms with van der Waals surface area (Å²) in [6, 6.07) is 15.9. The lowest BCUT2D eigenvalue weighted by molar-refractivity contribution is 0.102. The van der Waals surface area contributed by atoms with Gasteiger partial charge in [0.15, 0.2) is 0 Å². The van der Waals surface area contributed by atoms with Crippen molar-refractivity contribution >= 4 is 17.4 Å². The van der Waals surface area contributed by atoms with Crippen LogP contribution in [0.25, 0.3) is 0 Å². The number of rotatable bonds is 6. The summed E-state index contributed by atoms with van der Waals surface area (Å²) in [5.74, 6) is 0.272. The van der Waals surface area contributed by atoms with Crippen molar-refractivity contribution in [3.8, 4) is 0 Å². The van der Waals surface area contributed by atoms with E-state index in [0.29, 0.717) is 17.9 Å². The number of hydrogen-bond acceptors (Lipinski definition) is 3. The van der Waals surface area contributed by atoms with Crippen LogP contribution >= 0.6 is 0 Å². The van der Waals surface area contributed by atoms with Crippen LogP contribution in [0.4, 0.5) is 15.9 Å². The zero-order chi connectivity index (χ0) is 19.2. The molecule has 1 amide bonds. The molecule has 4 nitrogen and oxygen atoms in total. The number of pyridine rings is 1. The zero-order valence-electron chi connectivity index (χ0n) is 15.4. The van der Waals surface area contributed by atoms with Crippen LogP contribution in [0.2, 0.25) is 0 Å². The Hall–Kier alpha value is -3.21. The van der Waals surface area contributed by atoms with Crippen molar-refractivity contribution in [3.05, 3.63) is 88.9 Å². The molecule has 3 aromatic rings. The van der Waals surface area contributed by atoms with Gasteiger partial charge in [0.1, 0.15) is 11.6 Å². The summed E-state index contributed by atoms with van der Waals surface area (Å²) < 4.78 is 12.9. The molecule has 0 aliphatic heterocycles. The first-order chi connectivity index (χ1) is 13.0. The number of nitrogens with one attached hydrogen (secondary N) is 2. The zero-order valence-corrected chi connectivity index (χ0v) is 15.4. The second-order valence-corrected chi connectivity index (χ2v) is 6.57. The SMILES string of the molecule is Cc1cc(C)cc(NC(=O)c2ccc(NCCc3ccc(F)cc3)nc2)c1. The van der Waals surface area contributed by atoms with Gasteiger partial charge in [0.05, 0.1) is 5.56 Å². The summed E-state index contributed by atoms with van der Waals surface area (Å²) in [7, 11) is 0. The molecule has 138 valence electrons. The van der Waals surface area contributed by atoms with Crippen molar-refractivity contribution in [1.82, 2.24) is 4.98 Å². The van der Waals surface area contributed by atoms with E-state index in [1.54, 1.807) is 30.5 Å². The quantitative estimate of drug-likeness (QED) is 0.665. The predicted octanol–water partition coefficient (Wildman–Crippen LogP) is 4.74. The number of benzene rings is 2. The molecular formula is C22H22FN3O. The number of amides is 1. The first-order valence-corrected chi connectivity index (χ1v) is 8.83. The topological polar surface area (TPSA) is 54.0 Å². The molecule has 0 spiro atoms. The minimum Gasteiger partial charge on any atom is -0.370 e. The van der Waals surface area contributed by atoms with E-state index < -0.39 is 0 Å². The molecule has 2 aromatic carbocycles. The lowest BCUT2D eigenvalue weighted by Gasteiger charge is -2.09. The number of halogens is 1. The normalized spacial score (nSPS) is 10.5. The van der Waals surface area contributed by atoms with Crippen LogP contribution in [0, 0.1) is 19.7 Å². The van der Waals surface area contributed by atoms with Crippen molar-refractivity contribution in [1.29, 1.82) is 0 Å². The first-order valence-electron chi connectivity index (χ1n) is 8.83. The number of aryl methyl sites for hydroxylation is 2. The maximum absolute atomic E-state index is 12.9. The van der Waals surface area contributed by atoms with Crippen molar-refractivity contribution in [2.45, 2.75) is 20.3 Å². The van der Waals surface area contributed by atoms with Gasteiger partial charge in [0.25, 0.3) is 5.91 Å². The van der Waals surface area contributed by atoms with Crippen molar-refractivity contribution in [3.63, 3.8) is 0 Å². The summed E-state index contributed by atoms with van der Waals surface area (Å²) in [6.45, 7) is 4.67. The van der Waals surface area contributed by atoms with Gasteiger partial charge in [0.2, 0.25) is 0 Å². The molecule has 1 aromatic heterocycles. The molecule has 0 bridgehead atoms. The fourth-order valence-corrected chi connectivity index (χ4v) is 2.87.